The van der Waals surface area contributed by atoms with E-state index in [4.69, 9.17) is 19.3 Å². The van der Waals surface area contributed by atoms with Crippen LogP contribution >= 0.6 is 22.6 Å². The summed E-state index contributed by atoms with van der Waals surface area (Å²) in [5, 5.41) is 9.17. The van der Waals surface area contributed by atoms with Crippen molar-refractivity contribution in [2.75, 3.05) is 21.3 Å². The minimum atomic E-state index is -0.0605. The van der Waals surface area contributed by atoms with Gasteiger partial charge >= 0.3 is 0 Å². The summed E-state index contributed by atoms with van der Waals surface area (Å²) in [6.45, 7) is -0.0605. The van der Waals surface area contributed by atoms with Gasteiger partial charge in [0.05, 0.1) is 31.5 Å². The lowest BCUT2D eigenvalue weighted by molar-refractivity contribution is 0.276. The Kier molecular flexibility index (Phi) is 4.46. The Bertz CT molecular complexity index is 352. The summed E-state index contributed by atoms with van der Waals surface area (Å²) in [6, 6.07) is 1.74. The summed E-state index contributed by atoms with van der Waals surface area (Å²) < 4.78 is 16.4. The van der Waals surface area contributed by atoms with Crippen molar-refractivity contribution in [2.45, 2.75) is 6.61 Å². The van der Waals surface area contributed by atoms with Crippen molar-refractivity contribution in [1.29, 1.82) is 0 Å². The van der Waals surface area contributed by atoms with E-state index in [-0.39, 0.29) is 6.61 Å². The fourth-order valence-electron chi connectivity index (χ4n) is 1.29. The van der Waals surface area contributed by atoms with Crippen molar-refractivity contribution >= 4 is 22.6 Å². The van der Waals surface area contributed by atoms with Gasteiger partial charge in [0.1, 0.15) is 0 Å². The molecule has 0 amide bonds. The van der Waals surface area contributed by atoms with Crippen LogP contribution in [0.3, 0.4) is 0 Å². The Balaban J connectivity index is 3.43. The molecule has 1 rings (SSSR count). The molecule has 15 heavy (non-hydrogen) atoms. The fourth-order valence-corrected chi connectivity index (χ4v) is 2.08. The van der Waals surface area contributed by atoms with Crippen LogP contribution in [0.5, 0.6) is 17.2 Å². The third-order valence-electron chi connectivity index (χ3n) is 2.02. The SMILES string of the molecule is COc1cc(CO)c(I)c(OC)c1OC. The molecule has 0 saturated heterocycles. The monoisotopic (exact) mass is 324 g/mol. The first-order valence-corrected chi connectivity index (χ1v) is 5.35. The molecule has 0 unspecified atom stereocenters. The third kappa shape index (κ3) is 2.28. The molecular weight excluding hydrogens is 311 g/mol. The number of hydrogen-bond donors (Lipinski definition) is 1. The molecule has 0 fully saturated rings. The molecule has 1 aromatic carbocycles. The van der Waals surface area contributed by atoms with E-state index < -0.39 is 0 Å². The largest absolute Gasteiger partial charge is 0.493 e. The number of benzene rings is 1. The number of aliphatic hydroxyl groups excluding tert-OH is 1. The molecule has 0 heterocycles. The highest BCUT2D eigenvalue weighted by molar-refractivity contribution is 14.1. The number of halogens is 1. The first-order chi connectivity index (χ1) is 7.19. The van der Waals surface area contributed by atoms with Crippen LogP contribution in [0.2, 0.25) is 0 Å². The maximum absolute atomic E-state index is 9.17. The Morgan fingerprint density at radius 1 is 1.13 bits per heavy atom. The normalized spacial score (nSPS) is 9.93. The van der Waals surface area contributed by atoms with E-state index in [0.29, 0.717) is 17.2 Å². The van der Waals surface area contributed by atoms with Crippen molar-refractivity contribution in [3.8, 4) is 17.2 Å². The van der Waals surface area contributed by atoms with Gasteiger partial charge in [-0.1, -0.05) is 0 Å². The highest BCUT2D eigenvalue weighted by atomic mass is 127. The summed E-state index contributed by atoms with van der Waals surface area (Å²) in [5.41, 5.74) is 0.755. The van der Waals surface area contributed by atoms with Gasteiger partial charge in [0, 0.05) is 0 Å². The van der Waals surface area contributed by atoms with Crippen molar-refractivity contribution in [3.63, 3.8) is 0 Å². The smallest absolute Gasteiger partial charge is 0.204 e. The molecule has 0 radical (unpaired) electrons. The van der Waals surface area contributed by atoms with Crippen LogP contribution in [-0.4, -0.2) is 26.4 Å². The molecule has 0 aliphatic heterocycles. The van der Waals surface area contributed by atoms with Crippen molar-refractivity contribution in [1.82, 2.24) is 0 Å². The predicted octanol–water partition coefficient (Wildman–Crippen LogP) is 1.81. The van der Waals surface area contributed by atoms with E-state index >= 15 is 0 Å². The van der Waals surface area contributed by atoms with Gasteiger partial charge in [0.15, 0.2) is 11.5 Å². The summed E-state index contributed by atoms with van der Waals surface area (Å²) >= 11 is 2.10. The van der Waals surface area contributed by atoms with Gasteiger partial charge in [-0.3, -0.25) is 0 Å². The zero-order chi connectivity index (χ0) is 11.4. The first kappa shape index (κ1) is 12.4. The van der Waals surface area contributed by atoms with Crippen LogP contribution in [0.25, 0.3) is 0 Å². The molecule has 4 nitrogen and oxygen atoms in total. The highest BCUT2D eigenvalue weighted by Gasteiger charge is 2.18. The second-order valence-electron chi connectivity index (χ2n) is 2.78. The summed E-state index contributed by atoms with van der Waals surface area (Å²) in [5.74, 6) is 1.68. The maximum Gasteiger partial charge on any atom is 0.204 e. The van der Waals surface area contributed by atoms with Crippen LogP contribution in [0.15, 0.2) is 6.07 Å². The standard InChI is InChI=1S/C10H13IO4/c1-13-7-4-6(5-12)8(11)10(15-3)9(7)14-2/h4,12H,5H2,1-3H3. The minimum absolute atomic E-state index is 0.0605. The number of methoxy groups -OCH3 is 3. The molecule has 5 heteroatoms. The van der Waals surface area contributed by atoms with Crippen LogP contribution in [-0.2, 0) is 6.61 Å². The zero-order valence-electron chi connectivity index (χ0n) is 8.83. The van der Waals surface area contributed by atoms with Crippen molar-refractivity contribution in [3.05, 3.63) is 15.2 Å². The Hall–Kier alpha value is -0.690. The van der Waals surface area contributed by atoms with Gasteiger partial charge in [-0.25, -0.2) is 0 Å². The van der Waals surface area contributed by atoms with Gasteiger partial charge in [-0.05, 0) is 34.2 Å². The highest BCUT2D eigenvalue weighted by Crippen LogP contribution is 2.42. The van der Waals surface area contributed by atoms with Gasteiger partial charge in [-0.15, -0.1) is 0 Å². The molecule has 0 aliphatic carbocycles. The topological polar surface area (TPSA) is 47.9 Å². The predicted molar refractivity (Wildman–Crippen MR) is 64.7 cm³/mol. The molecule has 0 aliphatic rings. The molecule has 0 spiro atoms. The second-order valence-corrected chi connectivity index (χ2v) is 3.86. The van der Waals surface area contributed by atoms with E-state index in [1.54, 1.807) is 27.4 Å². The molecule has 84 valence electrons. The number of rotatable bonds is 4. The summed E-state index contributed by atoms with van der Waals surface area (Å²) in [4.78, 5) is 0. The number of hydrogen-bond acceptors (Lipinski definition) is 4. The lowest BCUT2D eigenvalue weighted by atomic mass is 10.2. The molecular formula is C10H13IO4. The Labute approximate surface area is 102 Å². The maximum atomic E-state index is 9.17. The van der Waals surface area contributed by atoms with E-state index in [1.165, 1.54) is 0 Å². The van der Waals surface area contributed by atoms with E-state index in [9.17, 15) is 0 Å². The van der Waals surface area contributed by atoms with Gasteiger partial charge in [0.2, 0.25) is 5.75 Å². The average molecular weight is 324 g/mol. The first-order valence-electron chi connectivity index (χ1n) is 4.27. The van der Waals surface area contributed by atoms with Crippen LogP contribution in [0, 0.1) is 3.57 Å². The number of aliphatic hydroxyl groups is 1. The van der Waals surface area contributed by atoms with E-state index in [2.05, 4.69) is 22.6 Å². The minimum Gasteiger partial charge on any atom is -0.493 e. The summed E-state index contributed by atoms with van der Waals surface area (Å²) in [7, 11) is 4.65. The second kappa shape index (κ2) is 5.41. The van der Waals surface area contributed by atoms with Gasteiger partial charge in [0.25, 0.3) is 0 Å². The van der Waals surface area contributed by atoms with Gasteiger partial charge < -0.3 is 19.3 Å². The van der Waals surface area contributed by atoms with Crippen LogP contribution in [0.4, 0.5) is 0 Å². The quantitative estimate of drug-likeness (QED) is 0.858. The van der Waals surface area contributed by atoms with Crippen LogP contribution in [0.1, 0.15) is 5.56 Å². The lowest BCUT2D eigenvalue weighted by Crippen LogP contribution is -2.00. The number of ether oxygens (including phenoxy) is 3. The molecule has 1 N–H and O–H groups in total. The third-order valence-corrected chi connectivity index (χ3v) is 3.20. The Morgan fingerprint density at radius 2 is 1.73 bits per heavy atom. The molecule has 1 aromatic rings. The van der Waals surface area contributed by atoms with Crippen LogP contribution < -0.4 is 14.2 Å². The summed E-state index contributed by atoms with van der Waals surface area (Å²) in [6.07, 6.45) is 0. The Morgan fingerprint density at radius 3 is 2.13 bits per heavy atom. The van der Waals surface area contributed by atoms with Gasteiger partial charge in [-0.2, -0.15) is 0 Å². The molecule has 0 saturated carbocycles. The van der Waals surface area contributed by atoms with E-state index in [1.807, 2.05) is 0 Å². The molecule has 0 atom stereocenters. The molecule has 0 bridgehead atoms. The van der Waals surface area contributed by atoms with Crippen molar-refractivity contribution in [2.24, 2.45) is 0 Å². The fraction of sp³-hybridized carbons (Fsp3) is 0.400. The van der Waals surface area contributed by atoms with E-state index in [0.717, 1.165) is 9.13 Å². The lowest BCUT2D eigenvalue weighted by Gasteiger charge is -2.15. The molecule has 0 aromatic heterocycles. The zero-order valence-corrected chi connectivity index (χ0v) is 11.0. The van der Waals surface area contributed by atoms with Crippen molar-refractivity contribution < 1.29 is 19.3 Å². The average Bonchev–Trinajstić information content (AvgIpc) is 2.28.